The first-order valence-electron chi connectivity index (χ1n) is 12.2. The molecule has 0 aliphatic carbocycles. The molecule has 1 N–H and O–H groups in total. The van der Waals surface area contributed by atoms with E-state index in [0.29, 0.717) is 36.7 Å². The SMILES string of the molecule is C=CCc1cc(/C=C(/C#N)C(=O)Nc2ccccc2F)cc(OCC)c1OCc1cccc2ccccc12. The molecule has 0 bridgehead atoms. The van der Waals surface area contributed by atoms with Crippen molar-refractivity contribution in [1.29, 1.82) is 5.26 Å². The molecule has 4 aromatic carbocycles. The number of nitriles is 1. The predicted molar refractivity (Wildman–Crippen MR) is 148 cm³/mol. The van der Waals surface area contributed by atoms with Crippen molar-refractivity contribution < 1.29 is 18.7 Å². The van der Waals surface area contributed by atoms with Crippen LogP contribution in [0.2, 0.25) is 0 Å². The molecular weight excluding hydrogens is 479 g/mol. The number of hydrogen-bond acceptors (Lipinski definition) is 4. The number of para-hydroxylation sites is 1. The first-order chi connectivity index (χ1) is 18.5. The van der Waals surface area contributed by atoms with E-state index in [1.165, 1.54) is 24.3 Å². The maximum atomic E-state index is 14.0. The summed E-state index contributed by atoms with van der Waals surface area (Å²) in [5.41, 5.74) is 2.23. The number of anilines is 1. The Bertz CT molecular complexity index is 1550. The molecule has 0 fully saturated rings. The van der Waals surface area contributed by atoms with Crippen molar-refractivity contribution >= 4 is 28.4 Å². The zero-order valence-corrected chi connectivity index (χ0v) is 21.0. The molecule has 0 aromatic heterocycles. The lowest BCUT2D eigenvalue weighted by molar-refractivity contribution is -0.112. The number of nitrogens with one attached hydrogen (secondary N) is 1. The third kappa shape index (κ3) is 6.08. The van der Waals surface area contributed by atoms with Crippen molar-refractivity contribution in [1.82, 2.24) is 0 Å². The van der Waals surface area contributed by atoms with E-state index < -0.39 is 11.7 Å². The maximum absolute atomic E-state index is 14.0. The summed E-state index contributed by atoms with van der Waals surface area (Å²) in [6.45, 7) is 6.45. The molecule has 4 aromatic rings. The highest BCUT2D eigenvalue weighted by atomic mass is 19.1. The molecule has 0 saturated heterocycles. The van der Waals surface area contributed by atoms with E-state index in [1.54, 1.807) is 18.2 Å². The second kappa shape index (κ2) is 12.4. The summed E-state index contributed by atoms with van der Waals surface area (Å²) >= 11 is 0. The van der Waals surface area contributed by atoms with E-state index in [0.717, 1.165) is 21.9 Å². The van der Waals surface area contributed by atoms with Crippen molar-refractivity contribution in [2.24, 2.45) is 0 Å². The zero-order chi connectivity index (χ0) is 26.9. The average molecular weight is 507 g/mol. The normalized spacial score (nSPS) is 11.0. The van der Waals surface area contributed by atoms with Crippen LogP contribution < -0.4 is 14.8 Å². The summed E-state index contributed by atoms with van der Waals surface area (Å²) in [6.07, 6.45) is 3.68. The standard InChI is InChI=1S/C32H27FN2O3/c1-3-10-24-17-22(18-26(20-34)32(36)35-29-16-8-7-15-28(29)33)19-30(37-4-2)31(24)38-21-25-13-9-12-23-11-5-6-14-27(23)25/h3,5-9,11-19H,1,4,10,21H2,2H3,(H,35,36)/b26-18-. The average Bonchev–Trinajstić information content (AvgIpc) is 2.93. The van der Waals surface area contributed by atoms with E-state index in [2.05, 4.69) is 30.1 Å². The molecule has 0 aliphatic rings. The fourth-order valence-corrected chi connectivity index (χ4v) is 4.14. The number of halogens is 1. The van der Waals surface area contributed by atoms with Crippen molar-refractivity contribution in [3.63, 3.8) is 0 Å². The molecule has 0 aliphatic heterocycles. The van der Waals surface area contributed by atoms with Crippen LogP contribution >= 0.6 is 0 Å². The molecule has 38 heavy (non-hydrogen) atoms. The number of ether oxygens (including phenoxy) is 2. The highest BCUT2D eigenvalue weighted by Crippen LogP contribution is 2.36. The summed E-state index contributed by atoms with van der Waals surface area (Å²) in [5, 5.41) is 14.3. The van der Waals surface area contributed by atoms with Gasteiger partial charge in [0.15, 0.2) is 11.5 Å². The molecule has 4 rings (SSSR count). The maximum Gasteiger partial charge on any atom is 0.266 e. The number of amides is 1. The van der Waals surface area contributed by atoms with Gasteiger partial charge in [0.1, 0.15) is 24.1 Å². The number of fused-ring (bicyclic) bond motifs is 1. The molecule has 0 radical (unpaired) electrons. The lowest BCUT2D eigenvalue weighted by Gasteiger charge is -2.17. The van der Waals surface area contributed by atoms with Crippen LogP contribution in [0, 0.1) is 17.1 Å². The van der Waals surface area contributed by atoms with Crippen LogP contribution in [-0.2, 0) is 17.8 Å². The van der Waals surface area contributed by atoms with Gasteiger partial charge in [0, 0.05) is 5.56 Å². The number of hydrogen-bond donors (Lipinski definition) is 1. The first-order valence-corrected chi connectivity index (χ1v) is 12.2. The van der Waals surface area contributed by atoms with Crippen molar-refractivity contribution in [3.8, 4) is 17.6 Å². The minimum Gasteiger partial charge on any atom is -0.490 e. The van der Waals surface area contributed by atoms with Gasteiger partial charge >= 0.3 is 0 Å². The Kier molecular flexibility index (Phi) is 8.53. The van der Waals surface area contributed by atoms with Crippen LogP contribution in [0.1, 0.15) is 23.6 Å². The van der Waals surface area contributed by atoms with E-state index in [9.17, 15) is 14.4 Å². The zero-order valence-electron chi connectivity index (χ0n) is 21.0. The molecular formula is C32H27FN2O3. The minimum atomic E-state index is -0.711. The van der Waals surface area contributed by atoms with Gasteiger partial charge in [0.25, 0.3) is 5.91 Å². The molecule has 0 atom stereocenters. The summed E-state index contributed by atoms with van der Waals surface area (Å²) < 4.78 is 26.2. The Labute approximate surface area is 221 Å². The monoisotopic (exact) mass is 506 g/mol. The fourth-order valence-electron chi connectivity index (χ4n) is 4.14. The molecule has 1 amide bonds. The second-order valence-electron chi connectivity index (χ2n) is 8.46. The van der Waals surface area contributed by atoms with Gasteiger partial charge in [-0.1, -0.05) is 60.7 Å². The topological polar surface area (TPSA) is 71.4 Å². The quantitative estimate of drug-likeness (QED) is 0.140. The first kappa shape index (κ1) is 26.2. The van der Waals surface area contributed by atoms with Crippen LogP contribution in [-0.4, -0.2) is 12.5 Å². The minimum absolute atomic E-state index is 0.00168. The molecule has 0 saturated carbocycles. The van der Waals surface area contributed by atoms with Gasteiger partial charge in [0.05, 0.1) is 12.3 Å². The number of carbonyl (C=O) groups is 1. The van der Waals surface area contributed by atoms with Crippen LogP contribution in [0.3, 0.4) is 0 Å². The Morgan fingerprint density at radius 2 is 1.79 bits per heavy atom. The second-order valence-corrected chi connectivity index (χ2v) is 8.46. The highest BCUT2D eigenvalue weighted by Gasteiger charge is 2.16. The third-order valence-electron chi connectivity index (χ3n) is 5.87. The van der Waals surface area contributed by atoms with Gasteiger partial charge in [-0.25, -0.2) is 4.39 Å². The largest absolute Gasteiger partial charge is 0.490 e. The van der Waals surface area contributed by atoms with Crippen LogP contribution in [0.25, 0.3) is 16.8 Å². The van der Waals surface area contributed by atoms with E-state index in [4.69, 9.17) is 9.47 Å². The van der Waals surface area contributed by atoms with Crippen LogP contribution in [0.15, 0.2) is 97.1 Å². The lowest BCUT2D eigenvalue weighted by atomic mass is 10.0. The Balaban J connectivity index is 1.67. The van der Waals surface area contributed by atoms with Crippen molar-refractivity contribution in [3.05, 3.63) is 120 Å². The molecule has 0 spiro atoms. The Morgan fingerprint density at radius 3 is 2.55 bits per heavy atom. The van der Waals surface area contributed by atoms with Gasteiger partial charge in [-0.3, -0.25) is 4.79 Å². The third-order valence-corrected chi connectivity index (χ3v) is 5.87. The fraction of sp³-hybridized carbons (Fsp3) is 0.125. The van der Waals surface area contributed by atoms with Crippen molar-refractivity contribution in [2.75, 3.05) is 11.9 Å². The van der Waals surface area contributed by atoms with E-state index in [1.807, 2.05) is 43.3 Å². The predicted octanol–water partition coefficient (Wildman–Crippen LogP) is 7.23. The van der Waals surface area contributed by atoms with Gasteiger partial charge in [-0.05, 0) is 65.6 Å². The van der Waals surface area contributed by atoms with Gasteiger partial charge < -0.3 is 14.8 Å². The van der Waals surface area contributed by atoms with Crippen LogP contribution in [0.4, 0.5) is 10.1 Å². The highest BCUT2D eigenvalue weighted by molar-refractivity contribution is 6.09. The summed E-state index contributed by atoms with van der Waals surface area (Å²) in [4.78, 5) is 12.7. The molecule has 5 nitrogen and oxygen atoms in total. The number of allylic oxidation sites excluding steroid dienone is 1. The summed E-state index contributed by atoms with van der Waals surface area (Å²) in [5.74, 6) is -0.230. The Hall–Kier alpha value is -4.89. The molecule has 0 unspecified atom stereocenters. The molecule has 6 heteroatoms. The number of carbonyl (C=O) groups excluding carboxylic acids is 1. The molecule has 0 heterocycles. The van der Waals surface area contributed by atoms with E-state index >= 15 is 0 Å². The lowest BCUT2D eigenvalue weighted by Crippen LogP contribution is -2.14. The summed E-state index contributed by atoms with van der Waals surface area (Å²) in [6, 6.07) is 25.4. The van der Waals surface area contributed by atoms with Gasteiger partial charge in [0.2, 0.25) is 0 Å². The van der Waals surface area contributed by atoms with Gasteiger partial charge in [-0.15, -0.1) is 6.58 Å². The summed E-state index contributed by atoms with van der Waals surface area (Å²) in [7, 11) is 0. The number of nitrogens with zero attached hydrogens (tertiary/aromatic N) is 1. The van der Waals surface area contributed by atoms with Crippen molar-refractivity contribution in [2.45, 2.75) is 20.0 Å². The number of benzene rings is 4. The van der Waals surface area contributed by atoms with Gasteiger partial charge in [-0.2, -0.15) is 5.26 Å². The molecule has 190 valence electrons. The smallest absolute Gasteiger partial charge is 0.266 e. The van der Waals surface area contributed by atoms with Crippen LogP contribution in [0.5, 0.6) is 11.5 Å². The number of rotatable bonds is 10. The Morgan fingerprint density at radius 1 is 1.03 bits per heavy atom. The van der Waals surface area contributed by atoms with E-state index in [-0.39, 0.29) is 11.3 Å².